The van der Waals surface area contributed by atoms with Crippen molar-refractivity contribution < 1.29 is 19.1 Å². The molecule has 0 N–H and O–H groups in total. The van der Waals surface area contributed by atoms with E-state index in [2.05, 4.69) is 25.3 Å². The summed E-state index contributed by atoms with van der Waals surface area (Å²) >= 11 is 0. The van der Waals surface area contributed by atoms with E-state index in [9.17, 15) is 9.59 Å². The molecule has 0 fully saturated rings. The molecule has 0 aliphatic heterocycles. The van der Waals surface area contributed by atoms with Crippen molar-refractivity contribution in [1.29, 1.82) is 0 Å². The lowest BCUT2D eigenvalue weighted by molar-refractivity contribution is -0.130. The summed E-state index contributed by atoms with van der Waals surface area (Å²) in [5.74, 6) is -0.0197. The Bertz CT molecular complexity index is 1020. The highest BCUT2D eigenvalue weighted by molar-refractivity contribution is 5.89. The Kier molecular flexibility index (Phi) is 6.83. The Labute approximate surface area is 182 Å². The zero-order valence-electron chi connectivity index (χ0n) is 17.6. The Morgan fingerprint density at radius 1 is 0.613 bits per heavy atom. The van der Waals surface area contributed by atoms with Crippen LogP contribution in [-0.2, 0) is 9.59 Å². The van der Waals surface area contributed by atoms with Gasteiger partial charge in [-0.25, -0.2) is 9.59 Å². The molecular formula is C27H24O4. The molecule has 0 saturated heterocycles. The highest BCUT2D eigenvalue weighted by Gasteiger charge is 2.18. The molecule has 4 nitrogen and oxygen atoms in total. The van der Waals surface area contributed by atoms with Crippen molar-refractivity contribution in [3.8, 4) is 11.5 Å². The van der Waals surface area contributed by atoms with Crippen molar-refractivity contribution in [1.82, 2.24) is 0 Å². The predicted molar refractivity (Wildman–Crippen MR) is 121 cm³/mol. The summed E-state index contributed by atoms with van der Waals surface area (Å²) in [6.45, 7) is 10.4. The molecular weight excluding hydrogens is 388 g/mol. The van der Waals surface area contributed by atoms with E-state index in [1.807, 2.05) is 42.5 Å². The molecule has 3 rings (SSSR count). The van der Waals surface area contributed by atoms with E-state index in [-0.39, 0.29) is 5.92 Å². The zero-order valence-corrected chi connectivity index (χ0v) is 17.6. The lowest BCUT2D eigenvalue weighted by Crippen LogP contribution is -2.09. The van der Waals surface area contributed by atoms with Gasteiger partial charge in [-0.3, -0.25) is 0 Å². The minimum absolute atomic E-state index is 0.0435. The van der Waals surface area contributed by atoms with E-state index in [0.717, 1.165) is 16.7 Å². The molecule has 4 heteroatoms. The van der Waals surface area contributed by atoms with Crippen molar-refractivity contribution in [2.75, 3.05) is 0 Å². The van der Waals surface area contributed by atoms with E-state index >= 15 is 0 Å². The molecule has 3 aromatic carbocycles. The van der Waals surface area contributed by atoms with Gasteiger partial charge in [-0.2, -0.15) is 0 Å². The first-order valence-electron chi connectivity index (χ1n) is 9.85. The molecule has 156 valence electrons. The van der Waals surface area contributed by atoms with E-state index in [4.69, 9.17) is 9.47 Å². The molecule has 31 heavy (non-hydrogen) atoms. The van der Waals surface area contributed by atoms with Gasteiger partial charge in [0.2, 0.25) is 0 Å². The second-order valence-corrected chi connectivity index (χ2v) is 7.32. The van der Waals surface area contributed by atoms with Crippen molar-refractivity contribution in [2.24, 2.45) is 0 Å². The maximum Gasteiger partial charge on any atom is 0.338 e. The van der Waals surface area contributed by atoms with Crippen molar-refractivity contribution in [3.05, 3.63) is 120 Å². The molecule has 0 aromatic heterocycles. The Morgan fingerprint density at radius 2 is 0.968 bits per heavy atom. The average Bonchev–Trinajstić information content (AvgIpc) is 2.77. The highest BCUT2D eigenvalue weighted by Crippen LogP contribution is 2.33. The van der Waals surface area contributed by atoms with Crippen LogP contribution in [0.1, 0.15) is 36.5 Å². The molecule has 0 amide bonds. The smallest absolute Gasteiger partial charge is 0.338 e. The van der Waals surface area contributed by atoms with Gasteiger partial charge in [0.05, 0.1) is 0 Å². The maximum absolute atomic E-state index is 11.8. The topological polar surface area (TPSA) is 52.6 Å². The largest absolute Gasteiger partial charge is 0.423 e. The Balaban J connectivity index is 1.91. The monoisotopic (exact) mass is 412 g/mol. The third kappa shape index (κ3) is 5.58. The van der Waals surface area contributed by atoms with Crippen LogP contribution in [0.4, 0.5) is 0 Å². The SMILES string of the molecule is C=C(C)C(=O)Oc1ccc(C(c2ccccc2)c2ccc(OC(=O)C(=C)C)cc2)cc1. The quantitative estimate of drug-likeness (QED) is 0.212. The first kappa shape index (κ1) is 21.8. The number of carbonyl (C=O) groups excluding carboxylic acids is 2. The number of ether oxygens (including phenoxy) is 2. The molecule has 0 atom stereocenters. The summed E-state index contributed by atoms with van der Waals surface area (Å²) < 4.78 is 10.6. The lowest BCUT2D eigenvalue weighted by atomic mass is 9.85. The fourth-order valence-corrected chi connectivity index (χ4v) is 3.07. The van der Waals surface area contributed by atoms with Gasteiger partial charge in [-0.05, 0) is 54.8 Å². The number of rotatable bonds is 7. The van der Waals surface area contributed by atoms with E-state index in [0.29, 0.717) is 22.6 Å². The summed E-state index contributed by atoms with van der Waals surface area (Å²) in [5.41, 5.74) is 3.87. The van der Waals surface area contributed by atoms with Crippen LogP contribution < -0.4 is 9.47 Å². The van der Waals surface area contributed by atoms with Crippen LogP contribution in [-0.4, -0.2) is 11.9 Å². The summed E-state index contributed by atoms with van der Waals surface area (Å²) in [4.78, 5) is 23.5. The average molecular weight is 412 g/mol. The van der Waals surface area contributed by atoms with Crippen LogP contribution in [0.15, 0.2) is 103 Å². The van der Waals surface area contributed by atoms with Crippen LogP contribution >= 0.6 is 0 Å². The number of hydrogen-bond donors (Lipinski definition) is 0. The molecule has 0 saturated carbocycles. The highest BCUT2D eigenvalue weighted by atomic mass is 16.5. The minimum Gasteiger partial charge on any atom is -0.423 e. The van der Waals surface area contributed by atoms with Crippen LogP contribution in [0.3, 0.4) is 0 Å². The minimum atomic E-state index is -0.452. The van der Waals surface area contributed by atoms with Crippen LogP contribution in [0.2, 0.25) is 0 Å². The fraction of sp³-hybridized carbons (Fsp3) is 0.111. The van der Waals surface area contributed by atoms with Gasteiger partial charge < -0.3 is 9.47 Å². The van der Waals surface area contributed by atoms with E-state index < -0.39 is 11.9 Å². The van der Waals surface area contributed by atoms with Gasteiger partial charge in [0.25, 0.3) is 0 Å². The summed E-state index contributed by atoms with van der Waals surface area (Å²) in [7, 11) is 0. The summed E-state index contributed by atoms with van der Waals surface area (Å²) in [6.07, 6.45) is 0. The number of esters is 2. The van der Waals surface area contributed by atoms with Crippen molar-refractivity contribution in [3.63, 3.8) is 0 Å². The molecule has 0 bridgehead atoms. The van der Waals surface area contributed by atoms with Crippen molar-refractivity contribution >= 4 is 11.9 Å². The van der Waals surface area contributed by atoms with Gasteiger partial charge in [0.1, 0.15) is 11.5 Å². The number of carbonyl (C=O) groups is 2. The van der Waals surface area contributed by atoms with Gasteiger partial charge in [0.15, 0.2) is 0 Å². The Morgan fingerprint density at radius 3 is 1.32 bits per heavy atom. The van der Waals surface area contributed by atoms with Crippen LogP contribution in [0.25, 0.3) is 0 Å². The van der Waals surface area contributed by atoms with E-state index in [1.165, 1.54) is 0 Å². The van der Waals surface area contributed by atoms with Gasteiger partial charge in [-0.15, -0.1) is 0 Å². The third-order valence-corrected chi connectivity index (χ3v) is 4.68. The van der Waals surface area contributed by atoms with Gasteiger partial charge >= 0.3 is 11.9 Å². The normalized spacial score (nSPS) is 10.4. The molecule has 0 unspecified atom stereocenters. The second-order valence-electron chi connectivity index (χ2n) is 7.32. The second kappa shape index (κ2) is 9.72. The zero-order chi connectivity index (χ0) is 22.4. The van der Waals surface area contributed by atoms with Crippen LogP contribution in [0, 0.1) is 0 Å². The number of hydrogen-bond acceptors (Lipinski definition) is 4. The third-order valence-electron chi connectivity index (χ3n) is 4.68. The van der Waals surface area contributed by atoms with E-state index in [1.54, 1.807) is 38.1 Å². The number of benzene rings is 3. The molecule has 0 radical (unpaired) electrons. The standard InChI is InChI=1S/C27H24O4/c1-18(2)26(28)30-23-14-10-21(11-15-23)25(20-8-6-5-7-9-20)22-12-16-24(17-13-22)31-27(29)19(3)4/h5-17,25H,1,3H2,2,4H3. The van der Waals surface area contributed by atoms with Gasteiger partial charge in [0, 0.05) is 17.1 Å². The van der Waals surface area contributed by atoms with Crippen LogP contribution in [0.5, 0.6) is 11.5 Å². The van der Waals surface area contributed by atoms with Crippen molar-refractivity contribution in [2.45, 2.75) is 19.8 Å². The maximum atomic E-state index is 11.8. The predicted octanol–water partition coefficient (Wildman–Crippen LogP) is 5.83. The first-order chi connectivity index (χ1) is 14.8. The molecule has 3 aromatic rings. The molecule has 0 aliphatic carbocycles. The molecule has 0 spiro atoms. The summed E-state index contributed by atoms with van der Waals surface area (Å²) in [6, 6.07) is 24.9. The molecule has 0 aliphatic rings. The first-order valence-corrected chi connectivity index (χ1v) is 9.85. The summed E-state index contributed by atoms with van der Waals surface area (Å²) in [5, 5.41) is 0. The fourth-order valence-electron chi connectivity index (χ4n) is 3.07. The lowest BCUT2D eigenvalue weighted by Gasteiger charge is -2.19. The Hall–Kier alpha value is -3.92. The van der Waals surface area contributed by atoms with Gasteiger partial charge in [-0.1, -0.05) is 67.8 Å². The molecule has 0 heterocycles.